The van der Waals surface area contributed by atoms with Crippen LogP contribution in [0.1, 0.15) is 11.6 Å². The number of nitrogens with two attached hydrogens (primary N) is 1. The second kappa shape index (κ2) is 7.24. The van der Waals surface area contributed by atoms with E-state index in [1.807, 2.05) is 54.6 Å². The minimum absolute atomic E-state index is 0.240. The maximum Gasteiger partial charge on any atom is 0.231 e. The molecule has 0 unspecified atom stereocenters. The van der Waals surface area contributed by atoms with Gasteiger partial charge in [0, 0.05) is 16.5 Å². The molecule has 0 saturated heterocycles. The highest BCUT2D eigenvalue weighted by Crippen LogP contribution is 2.30. The molecule has 5 aromatic rings. The zero-order valence-electron chi connectivity index (χ0n) is 15.3. The molecule has 2 N–H and O–H groups in total. The first-order chi connectivity index (χ1) is 14.2. The molecule has 2 aromatic carbocycles. The molecular formula is C22H17ClN4O2. The topological polar surface area (TPSA) is 78.6 Å². The molecule has 0 saturated carbocycles. The van der Waals surface area contributed by atoms with E-state index >= 15 is 0 Å². The van der Waals surface area contributed by atoms with Gasteiger partial charge in [0.2, 0.25) is 5.88 Å². The van der Waals surface area contributed by atoms with Crippen LogP contribution in [0.5, 0.6) is 5.88 Å². The number of nitrogens with zero attached hydrogens (tertiary/aromatic N) is 3. The molecule has 0 radical (unpaired) electrons. The Morgan fingerprint density at radius 1 is 1.07 bits per heavy atom. The highest BCUT2D eigenvalue weighted by atomic mass is 35.5. The lowest BCUT2D eigenvalue weighted by molar-refractivity contribution is 0.276. The first-order valence-corrected chi connectivity index (χ1v) is 9.53. The number of rotatable bonds is 5. The van der Waals surface area contributed by atoms with Gasteiger partial charge in [-0.1, -0.05) is 41.9 Å². The second-order valence-electron chi connectivity index (χ2n) is 6.71. The van der Waals surface area contributed by atoms with Crippen LogP contribution in [0.15, 0.2) is 77.3 Å². The van der Waals surface area contributed by atoms with Crippen LogP contribution in [0.4, 0.5) is 0 Å². The molecule has 144 valence electrons. The minimum atomic E-state index is -0.240. The zero-order chi connectivity index (χ0) is 19.8. The molecule has 5 rings (SSSR count). The zero-order valence-corrected chi connectivity index (χ0v) is 16.1. The summed E-state index contributed by atoms with van der Waals surface area (Å²) in [5, 5.41) is 6.13. The molecule has 6 nitrogen and oxygen atoms in total. The Morgan fingerprint density at radius 3 is 2.79 bits per heavy atom. The van der Waals surface area contributed by atoms with Crippen molar-refractivity contribution in [2.24, 2.45) is 5.73 Å². The number of imidazole rings is 1. The highest BCUT2D eigenvalue weighted by Gasteiger charge is 2.14. The van der Waals surface area contributed by atoms with Gasteiger partial charge in [0.05, 0.1) is 12.2 Å². The summed E-state index contributed by atoms with van der Waals surface area (Å²) in [6.45, 7) is 0.315. The predicted octanol–water partition coefficient (Wildman–Crippen LogP) is 4.87. The Bertz CT molecular complexity index is 1300. The van der Waals surface area contributed by atoms with Gasteiger partial charge in [-0.3, -0.25) is 0 Å². The molecule has 1 atom stereocenters. The fourth-order valence-electron chi connectivity index (χ4n) is 3.21. The van der Waals surface area contributed by atoms with Gasteiger partial charge in [-0.25, -0.2) is 9.50 Å². The van der Waals surface area contributed by atoms with Crippen LogP contribution >= 0.6 is 11.6 Å². The van der Waals surface area contributed by atoms with Crippen molar-refractivity contribution in [3.8, 4) is 17.3 Å². The summed E-state index contributed by atoms with van der Waals surface area (Å²) in [6.07, 6.45) is 1.72. The summed E-state index contributed by atoms with van der Waals surface area (Å²) < 4.78 is 13.5. The quantitative estimate of drug-likeness (QED) is 0.452. The molecular weight excluding hydrogens is 388 g/mol. The van der Waals surface area contributed by atoms with Crippen LogP contribution in [-0.4, -0.2) is 21.2 Å². The van der Waals surface area contributed by atoms with E-state index in [0.29, 0.717) is 28.9 Å². The minimum Gasteiger partial charge on any atom is -0.475 e. The van der Waals surface area contributed by atoms with Crippen molar-refractivity contribution in [2.45, 2.75) is 6.04 Å². The van der Waals surface area contributed by atoms with Crippen molar-refractivity contribution in [3.63, 3.8) is 0 Å². The number of halogens is 1. The maximum atomic E-state index is 6.21. The molecule has 0 spiro atoms. The summed E-state index contributed by atoms with van der Waals surface area (Å²) in [5.41, 5.74) is 9.40. The second-order valence-corrected chi connectivity index (χ2v) is 7.14. The van der Waals surface area contributed by atoms with E-state index in [-0.39, 0.29) is 6.04 Å². The number of aromatic nitrogens is 3. The van der Waals surface area contributed by atoms with Gasteiger partial charge in [-0.15, -0.1) is 5.10 Å². The van der Waals surface area contributed by atoms with E-state index < -0.39 is 0 Å². The normalized spacial score (nSPS) is 12.5. The van der Waals surface area contributed by atoms with E-state index in [4.69, 9.17) is 26.5 Å². The SMILES string of the molecule is N[C@H](COc1ccc2ncc(-c3cc4cc(Cl)ccc4o3)n2n1)c1ccccc1. The Hall–Kier alpha value is -3.35. The van der Waals surface area contributed by atoms with Gasteiger partial charge in [0.15, 0.2) is 11.4 Å². The Kier molecular flexibility index (Phi) is 4.42. The first kappa shape index (κ1) is 17.7. The molecule has 0 aliphatic rings. The average Bonchev–Trinajstić information content (AvgIpc) is 3.35. The van der Waals surface area contributed by atoms with E-state index in [0.717, 1.165) is 22.2 Å². The first-order valence-electron chi connectivity index (χ1n) is 9.15. The number of ether oxygens (including phenoxy) is 1. The molecule has 0 aliphatic heterocycles. The number of benzene rings is 2. The largest absolute Gasteiger partial charge is 0.475 e. The van der Waals surface area contributed by atoms with E-state index in [1.165, 1.54) is 0 Å². The number of hydrogen-bond acceptors (Lipinski definition) is 5. The lowest BCUT2D eigenvalue weighted by Gasteiger charge is -2.13. The van der Waals surface area contributed by atoms with Gasteiger partial charge in [0.1, 0.15) is 17.9 Å². The molecule has 7 heteroatoms. The number of furan rings is 1. The van der Waals surface area contributed by atoms with E-state index in [2.05, 4.69) is 10.1 Å². The van der Waals surface area contributed by atoms with Gasteiger partial charge >= 0.3 is 0 Å². The fraction of sp³-hybridized carbons (Fsp3) is 0.0909. The molecule has 3 aromatic heterocycles. The standard InChI is InChI=1S/C22H17ClN4O2/c23-16-6-7-19-15(10-16)11-20(29-19)18-12-25-21-8-9-22(26-27(18)21)28-13-17(24)14-4-2-1-3-5-14/h1-12,17H,13,24H2/t17-/m1/s1. The van der Waals surface area contributed by atoms with Gasteiger partial charge in [-0.05, 0) is 35.9 Å². The molecule has 3 heterocycles. The molecule has 29 heavy (non-hydrogen) atoms. The van der Waals surface area contributed by atoms with Gasteiger partial charge < -0.3 is 14.9 Å². The summed E-state index contributed by atoms with van der Waals surface area (Å²) >= 11 is 6.07. The van der Waals surface area contributed by atoms with Crippen molar-refractivity contribution in [3.05, 3.63) is 83.5 Å². The number of fused-ring (bicyclic) bond motifs is 2. The lowest BCUT2D eigenvalue weighted by atomic mass is 10.1. The van der Waals surface area contributed by atoms with Crippen molar-refractivity contribution >= 4 is 28.2 Å². The van der Waals surface area contributed by atoms with Crippen LogP contribution in [0.25, 0.3) is 28.1 Å². The van der Waals surface area contributed by atoms with Gasteiger partial charge in [-0.2, -0.15) is 0 Å². The summed E-state index contributed by atoms with van der Waals surface area (Å²) in [5.74, 6) is 1.11. The molecule has 0 amide bonds. The van der Waals surface area contributed by atoms with Gasteiger partial charge in [0.25, 0.3) is 0 Å². The summed E-state index contributed by atoms with van der Waals surface area (Å²) in [4.78, 5) is 4.40. The summed E-state index contributed by atoms with van der Waals surface area (Å²) in [6, 6.07) is 20.6. The monoisotopic (exact) mass is 404 g/mol. The Labute approximate surface area is 171 Å². The molecule has 0 bridgehead atoms. The molecule has 0 aliphatic carbocycles. The lowest BCUT2D eigenvalue weighted by Crippen LogP contribution is -2.19. The third-order valence-corrected chi connectivity index (χ3v) is 4.94. The average molecular weight is 405 g/mol. The van der Waals surface area contributed by atoms with E-state index in [9.17, 15) is 0 Å². The highest BCUT2D eigenvalue weighted by molar-refractivity contribution is 6.31. The van der Waals surface area contributed by atoms with Crippen LogP contribution in [0, 0.1) is 0 Å². The Morgan fingerprint density at radius 2 is 1.93 bits per heavy atom. The van der Waals surface area contributed by atoms with Crippen molar-refractivity contribution < 1.29 is 9.15 Å². The van der Waals surface area contributed by atoms with Crippen LogP contribution in [0.2, 0.25) is 5.02 Å². The third-order valence-electron chi connectivity index (χ3n) is 4.71. The van der Waals surface area contributed by atoms with Crippen LogP contribution < -0.4 is 10.5 Å². The Balaban J connectivity index is 1.44. The van der Waals surface area contributed by atoms with Crippen LogP contribution in [-0.2, 0) is 0 Å². The smallest absolute Gasteiger partial charge is 0.231 e. The third kappa shape index (κ3) is 3.44. The maximum absolute atomic E-state index is 6.21. The molecule has 0 fully saturated rings. The van der Waals surface area contributed by atoms with Crippen molar-refractivity contribution in [1.82, 2.24) is 14.6 Å². The van der Waals surface area contributed by atoms with Crippen molar-refractivity contribution in [1.29, 1.82) is 0 Å². The van der Waals surface area contributed by atoms with Crippen LogP contribution in [0.3, 0.4) is 0 Å². The predicted molar refractivity (Wildman–Crippen MR) is 112 cm³/mol. The summed E-state index contributed by atoms with van der Waals surface area (Å²) in [7, 11) is 0. The van der Waals surface area contributed by atoms with E-state index in [1.54, 1.807) is 22.8 Å². The van der Waals surface area contributed by atoms with Crippen molar-refractivity contribution in [2.75, 3.05) is 6.61 Å². The number of hydrogen-bond donors (Lipinski definition) is 1. The fourth-order valence-corrected chi connectivity index (χ4v) is 3.39.